The fourth-order valence-corrected chi connectivity index (χ4v) is 0.910. The molecule has 0 aliphatic heterocycles. The number of hydrogen-bond donors (Lipinski definition) is 0. The maximum Gasteiger partial charge on any atom is 0.168 e. The predicted molar refractivity (Wildman–Crippen MR) is 43.3 cm³/mol. The number of carbonyl (C=O) groups excluding carboxylic acids is 1. The van der Waals surface area contributed by atoms with Crippen molar-refractivity contribution in [2.75, 3.05) is 0 Å². The number of ether oxygens (including phenoxy) is 1. The molecular weight excluding hydrogens is 154 g/mol. The van der Waals surface area contributed by atoms with Crippen LogP contribution in [0.3, 0.4) is 0 Å². The molecule has 62 valence electrons. The topological polar surface area (TPSA) is 39.2 Å². The van der Waals surface area contributed by atoms with Gasteiger partial charge in [0.25, 0.3) is 0 Å². The monoisotopic (exact) mass is 163 g/mol. The van der Waals surface area contributed by atoms with Crippen LogP contribution in [0.25, 0.3) is 0 Å². The molecule has 0 atom stereocenters. The third-order valence-corrected chi connectivity index (χ3v) is 1.71. The van der Waals surface area contributed by atoms with Crippen molar-refractivity contribution in [2.24, 2.45) is 0 Å². The van der Waals surface area contributed by atoms with Gasteiger partial charge in [-0.3, -0.25) is 4.79 Å². The maximum atomic E-state index is 10.2. The Kier molecular flexibility index (Phi) is 1.78. The van der Waals surface area contributed by atoms with Gasteiger partial charge in [-0.25, -0.2) is 4.98 Å². The van der Waals surface area contributed by atoms with E-state index in [4.69, 9.17) is 4.74 Å². The number of pyridine rings is 1. The predicted octanol–water partition coefficient (Wildman–Crippen LogP) is 1.44. The van der Waals surface area contributed by atoms with E-state index in [1.165, 1.54) is 0 Å². The Morgan fingerprint density at radius 1 is 1.50 bits per heavy atom. The second-order valence-corrected chi connectivity index (χ2v) is 2.85. The number of aromatic nitrogens is 1. The molecule has 0 spiro atoms. The molecule has 1 aliphatic rings. The summed E-state index contributed by atoms with van der Waals surface area (Å²) in [6, 6.07) is 3.43. The lowest BCUT2D eigenvalue weighted by Gasteiger charge is -2.01. The molecule has 0 unspecified atom stereocenters. The van der Waals surface area contributed by atoms with Crippen molar-refractivity contribution >= 4 is 6.29 Å². The van der Waals surface area contributed by atoms with Crippen molar-refractivity contribution in [1.82, 2.24) is 4.98 Å². The van der Waals surface area contributed by atoms with E-state index in [-0.39, 0.29) is 0 Å². The standard InChI is InChI=1S/C9H9NO2/c11-6-7-1-2-9(5-10-7)12-8-3-4-8/h1-2,5-6,8H,3-4H2. The van der Waals surface area contributed by atoms with E-state index in [0.29, 0.717) is 11.8 Å². The van der Waals surface area contributed by atoms with Crippen molar-refractivity contribution in [1.29, 1.82) is 0 Å². The summed E-state index contributed by atoms with van der Waals surface area (Å²) in [5, 5.41) is 0. The lowest BCUT2D eigenvalue weighted by molar-refractivity contribution is 0.111. The average molecular weight is 163 g/mol. The minimum Gasteiger partial charge on any atom is -0.489 e. The molecule has 0 amide bonds. The van der Waals surface area contributed by atoms with E-state index in [2.05, 4.69) is 4.98 Å². The molecule has 0 saturated heterocycles. The van der Waals surface area contributed by atoms with E-state index in [0.717, 1.165) is 24.9 Å². The third kappa shape index (κ3) is 1.61. The molecule has 12 heavy (non-hydrogen) atoms. The van der Waals surface area contributed by atoms with Crippen molar-refractivity contribution in [3.63, 3.8) is 0 Å². The summed E-state index contributed by atoms with van der Waals surface area (Å²) in [5.74, 6) is 0.753. The molecule has 0 radical (unpaired) electrons. The average Bonchev–Trinajstić information content (AvgIpc) is 2.90. The van der Waals surface area contributed by atoms with Crippen LogP contribution >= 0.6 is 0 Å². The molecule has 1 aromatic rings. The number of hydrogen-bond acceptors (Lipinski definition) is 3. The van der Waals surface area contributed by atoms with Crippen molar-refractivity contribution < 1.29 is 9.53 Å². The van der Waals surface area contributed by atoms with E-state index in [9.17, 15) is 4.79 Å². The molecule has 1 heterocycles. The Bertz CT molecular complexity index is 277. The van der Waals surface area contributed by atoms with Crippen molar-refractivity contribution in [2.45, 2.75) is 18.9 Å². The zero-order valence-electron chi connectivity index (χ0n) is 6.56. The summed E-state index contributed by atoms with van der Waals surface area (Å²) >= 11 is 0. The van der Waals surface area contributed by atoms with E-state index < -0.39 is 0 Å². The molecule has 0 bridgehead atoms. The van der Waals surface area contributed by atoms with Crippen molar-refractivity contribution in [3.05, 3.63) is 24.0 Å². The number of rotatable bonds is 3. The molecular formula is C9H9NO2. The van der Waals surface area contributed by atoms with Crippen LogP contribution in [0.1, 0.15) is 23.3 Å². The van der Waals surface area contributed by atoms with E-state index in [1.54, 1.807) is 18.3 Å². The van der Waals surface area contributed by atoms with Gasteiger partial charge in [-0.05, 0) is 25.0 Å². The molecule has 3 heteroatoms. The highest BCUT2D eigenvalue weighted by atomic mass is 16.5. The Balaban J connectivity index is 2.07. The Hall–Kier alpha value is -1.38. The first kappa shape index (κ1) is 7.28. The summed E-state index contributed by atoms with van der Waals surface area (Å²) in [4.78, 5) is 14.1. The summed E-state index contributed by atoms with van der Waals surface area (Å²) in [6.45, 7) is 0. The van der Waals surface area contributed by atoms with Gasteiger partial charge in [0.2, 0.25) is 0 Å². The van der Waals surface area contributed by atoms with Crippen LogP contribution in [0, 0.1) is 0 Å². The van der Waals surface area contributed by atoms with Crippen LogP contribution in [-0.4, -0.2) is 17.4 Å². The van der Waals surface area contributed by atoms with Gasteiger partial charge in [-0.2, -0.15) is 0 Å². The Labute approximate surface area is 70.4 Å². The van der Waals surface area contributed by atoms with Crippen LogP contribution in [0.5, 0.6) is 5.75 Å². The summed E-state index contributed by atoms with van der Waals surface area (Å²) in [5.41, 5.74) is 0.443. The van der Waals surface area contributed by atoms with Crippen molar-refractivity contribution in [3.8, 4) is 5.75 Å². The van der Waals surface area contributed by atoms with Crippen LogP contribution in [0.15, 0.2) is 18.3 Å². The van der Waals surface area contributed by atoms with Crippen LogP contribution in [-0.2, 0) is 0 Å². The molecule has 3 nitrogen and oxygen atoms in total. The quantitative estimate of drug-likeness (QED) is 0.633. The van der Waals surface area contributed by atoms with Gasteiger partial charge < -0.3 is 4.74 Å². The minimum atomic E-state index is 0.383. The van der Waals surface area contributed by atoms with Gasteiger partial charge in [0, 0.05) is 0 Å². The minimum absolute atomic E-state index is 0.383. The van der Waals surface area contributed by atoms with Gasteiger partial charge in [-0.1, -0.05) is 0 Å². The van der Waals surface area contributed by atoms with Gasteiger partial charge in [0.15, 0.2) is 6.29 Å². The smallest absolute Gasteiger partial charge is 0.168 e. The van der Waals surface area contributed by atoms with Crippen LogP contribution in [0.2, 0.25) is 0 Å². The first-order valence-electron chi connectivity index (χ1n) is 3.96. The van der Waals surface area contributed by atoms with Gasteiger partial charge in [0.05, 0.1) is 12.3 Å². The molecule has 0 N–H and O–H groups in total. The summed E-state index contributed by atoms with van der Waals surface area (Å²) in [6.07, 6.45) is 4.96. The highest BCUT2D eigenvalue weighted by Gasteiger charge is 2.23. The summed E-state index contributed by atoms with van der Waals surface area (Å²) in [7, 11) is 0. The zero-order valence-corrected chi connectivity index (χ0v) is 6.56. The van der Waals surface area contributed by atoms with Gasteiger partial charge in [0.1, 0.15) is 11.4 Å². The number of carbonyl (C=O) groups is 1. The fraction of sp³-hybridized carbons (Fsp3) is 0.333. The zero-order chi connectivity index (χ0) is 8.39. The number of aldehydes is 1. The Morgan fingerprint density at radius 3 is 2.83 bits per heavy atom. The molecule has 1 fully saturated rings. The lowest BCUT2D eigenvalue weighted by atomic mass is 10.4. The first-order valence-corrected chi connectivity index (χ1v) is 3.96. The van der Waals surface area contributed by atoms with Crippen LogP contribution in [0.4, 0.5) is 0 Å². The molecule has 1 aromatic heterocycles. The normalized spacial score (nSPS) is 15.7. The second-order valence-electron chi connectivity index (χ2n) is 2.85. The molecule has 2 rings (SSSR count). The van der Waals surface area contributed by atoms with Gasteiger partial charge in [-0.15, -0.1) is 0 Å². The highest BCUT2D eigenvalue weighted by Crippen LogP contribution is 2.25. The highest BCUT2D eigenvalue weighted by molar-refractivity contribution is 5.71. The van der Waals surface area contributed by atoms with Gasteiger partial charge >= 0.3 is 0 Å². The SMILES string of the molecule is O=Cc1ccc(OC2CC2)cn1. The van der Waals surface area contributed by atoms with Crippen LogP contribution < -0.4 is 4.74 Å². The first-order chi connectivity index (χ1) is 5.88. The second kappa shape index (κ2) is 2.93. The lowest BCUT2D eigenvalue weighted by Crippen LogP contribution is -1.96. The fourth-order valence-electron chi connectivity index (χ4n) is 0.910. The molecule has 1 saturated carbocycles. The molecule has 1 aliphatic carbocycles. The van der Waals surface area contributed by atoms with E-state index in [1.807, 2.05) is 0 Å². The molecule has 0 aromatic carbocycles. The van der Waals surface area contributed by atoms with E-state index >= 15 is 0 Å². The third-order valence-electron chi connectivity index (χ3n) is 1.71. The maximum absolute atomic E-state index is 10.2. The largest absolute Gasteiger partial charge is 0.489 e. The number of nitrogens with zero attached hydrogens (tertiary/aromatic N) is 1. The summed E-state index contributed by atoms with van der Waals surface area (Å²) < 4.78 is 5.45. The Morgan fingerprint density at radius 2 is 2.33 bits per heavy atom.